The second-order valence-electron chi connectivity index (χ2n) is 5.34. The lowest BCUT2D eigenvalue weighted by atomic mass is 10.2. The molecular weight excluding hydrogens is 350 g/mol. The highest BCUT2D eigenvalue weighted by Gasteiger charge is 2.34. The number of nitrogens with zero attached hydrogens (tertiary/aromatic N) is 3. The molecule has 0 spiro atoms. The number of sulfonamides is 1. The number of hydrogen-bond acceptors (Lipinski definition) is 5. The van der Waals surface area contributed by atoms with E-state index in [-0.39, 0.29) is 22.6 Å². The fourth-order valence-electron chi connectivity index (χ4n) is 2.54. The highest BCUT2D eigenvalue weighted by atomic mass is 35.5. The van der Waals surface area contributed by atoms with Crippen LogP contribution in [0, 0.1) is 11.3 Å². The number of rotatable bonds is 4. The molecule has 0 radical (unpaired) electrons. The van der Waals surface area contributed by atoms with Gasteiger partial charge < -0.3 is 4.74 Å². The van der Waals surface area contributed by atoms with Crippen LogP contribution in [0.2, 0.25) is 5.02 Å². The second-order valence-corrected chi connectivity index (χ2v) is 7.65. The van der Waals surface area contributed by atoms with E-state index < -0.39 is 10.0 Å². The molecule has 1 atom stereocenters. The lowest BCUT2D eigenvalue weighted by molar-refractivity contribution is 0.214. The first-order chi connectivity index (χ1) is 11.5. The molecular formula is C16H14ClN3O3S. The Kier molecular flexibility index (Phi) is 4.71. The van der Waals surface area contributed by atoms with E-state index in [4.69, 9.17) is 21.6 Å². The smallest absolute Gasteiger partial charge is 0.244 e. The molecule has 1 aliphatic rings. The molecule has 0 aliphatic carbocycles. The van der Waals surface area contributed by atoms with Crippen LogP contribution in [0.25, 0.3) is 0 Å². The van der Waals surface area contributed by atoms with Gasteiger partial charge in [0.25, 0.3) is 0 Å². The van der Waals surface area contributed by atoms with Gasteiger partial charge in [-0.3, -0.25) is 4.98 Å². The lowest BCUT2D eigenvalue weighted by Gasteiger charge is -2.18. The van der Waals surface area contributed by atoms with Crippen LogP contribution in [0.3, 0.4) is 0 Å². The van der Waals surface area contributed by atoms with Crippen molar-refractivity contribution in [2.45, 2.75) is 17.4 Å². The van der Waals surface area contributed by atoms with Crippen molar-refractivity contribution in [1.82, 2.24) is 9.29 Å². The lowest BCUT2D eigenvalue weighted by Crippen LogP contribution is -2.31. The van der Waals surface area contributed by atoms with Crippen LogP contribution in [-0.2, 0) is 10.0 Å². The molecule has 1 fully saturated rings. The Labute approximate surface area is 145 Å². The molecule has 0 bridgehead atoms. The van der Waals surface area contributed by atoms with Crippen LogP contribution < -0.4 is 4.74 Å². The molecule has 1 saturated heterocycles. The minimum atomic E-state index is -3.72. The number of benzene rings is 1. The van der Waals surface area contributed by atoms with E-state index in [2.05, 4.69) is 4.98 Å². The van der Waals surface area contributed by atoms with Crippen molar-refractivity contribution in [2.75, 3.05) is 13.1 Å². The summed E-state index contributed by atoms with van der Waals surface area (Å²) in [6.07, 6.45) is 3.59. The number of pyridine rings is 1. The van der Waals surface area contributed by atoms with E-state index in [1.54, 1.807) is 24.5 Å². The van der Waals surface area contributed by atoms with Crippen LogP contribution in [0.1, 0.15) is 12.0 Å². The fourth-order valence-corrected chi connectivity index (χ4v) is 4.54. The summed E-state index contributed by atoms with van der Waals surface area (Å²) < 4.78 is 32.6. The van der Waals surface area contributed by atoms with Gasteiger partial charge in [0.1, 0.15) is 16.7 Å². The average Bonchev–Trinajstić information content (AvgIpc) is 3.04. The quantitative estimate of drug-likeness (QED) is 0.833. The third-order valence-corrected chi connectivity index (χ3v) is 6.07. The zero-order valence-corrected chi connectivity index (χ0v) is 14.2. The molecule has 2 heterocycles. The van der Waals surface area contributed by atoms with Crippen LogP contribution >= 0.6 is 11.6 Å². The fraction of sp³-hybridized carbons (Fsp3) is 0.250. The van der Waals surface area contributed by atoms with E-state index in [1.165, 1.54) is 22.5 Å². The molecule has 8 heteroatoms. The predicted molar refractivity (Wildman–Crippen MR) is 88.2 cm³/mol. The van der Waals surface area contributed by atoms with Crippen molar-refractivity contribution in [3.05, 3.63) is 53.3 Å². The maximum absolute atomic E-state index is 12.7. The average molecular weight is 364 g/mol. The van der Waals surface area contributed by atoms with E-state index in [1.807, 2.05) is 6.07 Å². The topological polar surface area (TPSA) is 83.3 Å². The molecule has 1 aromatic heterocycles. The molecule has 0 N–H and O–H groups in total. The normalized spacial score (nSPS) is 18.2. The summed E-state index contributed by atoms with van der Waals surface area (Å²) in [5.74, 6) is 0.609. The molecule has 0 amide bonds. The summed E-state index contributed by atoms with van der Waals surface area (Å²) in [6.45, 7) is 0.594. The van der Waals surface area contributed by atoms with Crippen molar-refractivity contribution < 1.29 is 13.2 Å². The molecule has 1 unspecified atom stereocenters. The molecule has 124 valence electrons. The minimum Gasteiger partial charge on any atom is -0.487 e. The molecule has 24 heavy (non-hydrogen) atoms. The first-order valence-electron chi connectivity index (χ1n) is 7.27. The van der Waals surface area contributed by atoms with Gasteiger partial charge in [-0.1, -0.05) is 11.6 Å². The van der Waals surface area contributed by atoms with Gasteiger partial charge in [-0.15, -0.1) is 0 Å². The summed E-state index contributed by atoms with van der Waals surface area (Å²) in [6, 6.07) is 9.64. The van der Waals surface area contributed by atoms with Gasteiger partial charge in [0.2, 0.25) is 10.0 Å². The van der Waals surface area contributed by atoms with Crippen LogP contribution in [0.4, 0.5) is 0 Å². The van der Waals surface area contributed by atoms with E-state index in [0.29, 0.717) is 24.3 Å². The van der Waals surface area contributed by atoms with Crippen molar-refractivity contribution >= 4 is 21.6 Å². The predicted octanol–water partition coefficient (Wildman–Crippen LogP) is 2.45. The largest absolute Gasteiger partial charge is 0.487 e. The Balaban J connectivity index is 1.76. The van der Waals surface area contributed by atoms with E-state index >= 15 is 0 Å². The van der Waals surface area contributed by atoms with Crippen molar-refractivity contribution in [3.63, 3.8) is 0 Å². The van der Waals surface area contributed by atoms with Gasteiger partial charge in [0, 0.05) is 12.7 Å². The van der Waals surface area contributed by atoms with Gasteiger partial charge in [-0.05, 0) is 36.8 Å². The number of nitriles is 1. The standard InChI is InChI=1S/C16H14ClN3O3S/c17-15-8-12(9-18)3-4-16(15)24(21,22)20-7-5-14(11-20)23-13-2-1-6-19-10-13/h1-4,6,8,10,14H,5,7,11H2. The summed E-state index contributed by atoms with van der Waals surface area (Å²) in [4.78, 5) is 3.97. The third kappa shape index (κ3) is 3.36. The Bertz CT molecular complexity index is 881. The van der Waals surface area contributed by atoms with E-state index in [9.17, 15) is 8.42 Å². The first kappa shape index (κ1) is 16.7. The SMILES string of the molecule is N#Cc1ccc(S(=O)(=O)N2CCC(Oc3cccnc3)C2)c(Cl)c1. The Morgan fingerprint density at radius 3 is 2.88 bits per heavy atom. The second kappa shape index (κ2) is 6.77. The van der Waals surface area contributed by atoms with Crippen LogP contribution in [0.5, 0.6) is 5.75 Å². The first-order valence-corrected chi connectivity index (χ1v) is 9.09. The Hall–Kier alpha value is -2.14. The van der Waals surface area contributed by atoms with Gasteiger partial charge >= 0.3 is 0 Å². The van der Waals surface area contributed by atoms with Crippen LogP contribution in [0.15, 0.2) is 47.6 Å². The summed E-state index contributed by atoms with van der Waals surface area (Å²) >= 11 is 6.04. The molecule has 0 saturated carbocycles. The van der Waals surface area contributed by atoms with Gasteiger partial charge in [0.05, 0.1) is 29.4 Å². The third-order valence-electron chi connectivity index (χ3n) is 3.72. The highest BCUT2D eigenvalue weighted by molar-refractivity contribution is 7.89. The van der Waals surface area contributed by atoms with Gasteiger partial charge in [-0.2, -0.15) is 9.57 Å². The summed E-state index contributed by atoms with van der Waals surface area (Å²) in [5, 5.41) is 8.90. The van der Waals surface area contributed by atoms with E-state index in [0.717, 1.165) is 0 Å². The number of hydrogen-bond donors (Lipinski definition) is 0. The number of halogens is 1. The summed E-state index contributed by atoms with van der Waals surface area (Å²) in [7, 11) is -3.72. The molecule has 1 aromatic carbocycles. The van der Waals surface area contributed by atoms with Gasteiger partial charge in [-0.25, -0.2) is 8.42 Å². The number of aromatic nitrogens is 1. The zero-order chi connectivity index (χ0) is 17.2. The zero-order valence-electron chi connectivity index (χ0n) is 12.6. The number of ether oxygens (including phenoxy) is 1. The minimum absolute atomic E-state index is 0.00481. The summed E-state index contributed by atoms with van der Waals surface area (Å²) in [5.41, 5.74) is 0.318. The molecule has 6 nitrogen and oxygen atoms in total. The molecule has 3 rings (SSSR count). The van der Waals surface area contributed by atoms with Crippen molar-refractivity contribution in [3.8, 4) is 11.8 Å². The Morgan fingerprint density at radius 1 is 1.38 bits per heavy atom. The maximum atomic E-state index is 12.7. The maximum Gasteiger partial charge on any atom is 0.244 e. The van der Waals surface area contributed by atoms with Crippen molar-refractivity contribution in [1.29, 1.82) is 5.26 Å². The Morgan fingerprint density at radius 2 is 2.21 bits per heavy atom. The molecule has 1 aliphatic heterocycles. The molecule has 2 aromatic rings. The van der Waals surface area contributed by atoms with Crippen LogP contribution in [-0.4, -0.2) is 36.9 Å². The highest BCUT2D eigenvalue weighted by Crippen LogP contribution is 2.29. The van der Waals surface area contributed by atoms with Crippen molar-refractivity contribution in [2.24, 2.45) is 0 Å². The monoisotopic (exact) mass is 363 g/mol. The van der Waals surface area contributed by atoms with Gasteiger partial charge in [0.15, 0.2) is 0 Å².